The summed E-state index contributed by atoms with van der Waals surface area (Å²) in [5.74, 6) is 1.47. The number of nitrogens with one attached hydrogen (secondary N) is 1. The van der Waals surface area contributed by atoms with E-state index in [1.54, 1.807) is 7.11 Å². The van der Waals surface area contributed by atoms with E-state index in [4.69, 9.17) is 17.0 Å². The molecule has 0 unspecified atom stereocenters. The van der Waals surface area contributed by atoms with Crippen LogP contribution in [0.15, 0.2) is 24.3 Å². The van der Waals surface area contributed by atoms with Crippen LogP contribution in [0.2, 0.25) is 0 Å². The molecule has 19 heavy (non-hydrogen) atoms. The number of benzene rings is 1. The second-order valence-electron chi connectivity index (χ2n) is 4.91. The molecular weight excluding hydrogens is 258 g/mol. The van der Waals surface area contributed by atoms with Crippen LogP contribution in [-0.4, -0.2) is 28.5 Å². The van der Waals surface area contributed by atoms with E-state index < -0.39 is 0 Å². The largest absolute Gasteiger partial charge is 0.383 e. The van der Waals surface area contributed by atoms with Gasteiger partial charge in [0.15, 0.2) is 4.77 Å². The molecule has 0 spiro atoms. The number of aromatic amines is 1. The van der Waals surface area contributed by atoms with Gasteiger partial charge in [0.2, 0.25) is 0 Å². The molecule has 3 rings (SSSR count). The van der Waals surface area contributed by atoms with Crippen LogP contribution in [0.5, 0.6) is 0 Å². The van der Waals surface area contributed by atoms with Crippen LogP contribution in [-0.2, 0) is 24.1 Å². The SMILES string of the molecule is COCCn1c(C2Cc3ccccc3C2)n[nH]c1=S. The number of methoxy groups -OCH3 is 1. The van der Waals surface area contributed by atoms with Crippen LogP contribution in [0.25, 0.3) is 0 Å². The van der Waals surface area contributed by atoms with Crippen molar-refractivity contribution in [3.8, 4) is 0 Å². The Bertz CT molecular complexity index is 607. The topological polar surface area (TPSA) is 42.8 Å². The van der Waals surface area contributed by atoms with E-state index in [-0.39, 0.29) is 0 Å². The zero-order chi connectivity index (χ0) is 13.2. The maximum Gasteiger partial charge on any atom is 0.195 e. The summed E-state index contributed by atoms with van der Waals surface area (Å²) in [4.78, 5) is 0. The second kappa shape index (κ2) is 5.27. The molecular formula is C14H17N3OS. The van der Waals surface area contributed by atoms with Crippen molar-refractivity contribution in [1.29, 1.82) is 0 Å². The van der Waals surface area contributed by atoms with Gasteiger partial charge in [-0.15, -0.1) is 0 Å². The molecule has 1 aromatic heterocycles. The summed E-state index contributed by atoms with van der Waals surface area (Å²) in [7, 11) is 1.70. The Kier molecular flexibility index (Phi) is 3.48. The first kappa shape index (κ1) is 12.6. The number of H-pyrrole nitrogens is 1. The maximum absolute atomic E-state index is 5.30. The summed E-state index contributed by atoms with van der Waals surface area (Å²) in [6.07, 6.45) is 2.09. The first-order valence-electron chi connectivity index (χ1n) is 6.50. The highest BCUT2D eigenvalue weighted by molar-refractivity contribution is 7.71. The van der Waals surface area contributed by atoms with Gasteiger partial charge in [0.25, 0.3) is 0 Å². The van der Waals surface area contributed by atoms with Gasteiger partial charge in [-0.2, -0.15) is 5.10 Å². The zero-order valence-electron chi connectivity index (χ0n) is 10.9. The lowest BCUT2D eigenvalue weighted by Crippen LogP contribution is -2.12. The predicted molar refractivity (Wildman–Crippen MR) is 75.9 cm³/mol. The number of rotatable bonds is 4. The molecule has 0 bridgehead atoms. The monoisotopic (exact) mass is 275 g/mol. The lowest BCUT2D eigenvalue weighted by atomic mass is 10.1. The van der Waals surface area contributed by atoms with E-state index >= 15 is 0 Å². The van der Waals surface area contributed by atoms with E-state index in [0.29, 0.717) is 17.3 Å². The molecule has 2 aromatic rings. The van der Waals surface area contributed by atoms with Crippen molar-refractivity contribution in [2.45, 2.75) is 25.3 Å². The highest BCUT2D eigenvalue weighted by atomic mass is 32.1. The molecule has 0 amide bonds. The fraction of sp³-hybridized carbons (Fsp3) is 0.429. The van der Waals surface area contributed by atoms with Crippen LogP contribution in [0.4, 0.5) is 0 Å². The lowest BCUT2D eigenvalue weighted by Gasteiger charge is -2.11. The van der Waals surface area contributed by atoms with Gasteiger partial charge in [0, 0.05) is 19.6 Å². The molecule has 1 aliphatic rings. The first-order chi connectivity index (χ1) is 9.29. The minimum Gasteiger partial charge on any atom is -0.383 e. The summed E-state index contributed by atoms with van der Waals surface area (Å²) < 4.78 is 7.89. The summed E-state index contributed by atoms with van der Waals surface area (Å²) in [5, 5.41) is 7.33. The first-order valence-corrected chi connectivity index (χ1v) is 6.91. The van der Waals surface area contributed by atoms with Gasteiger partial charge in [-0.05, 0) is 36.2 Å². The Morgan fingerprint density at radius 2 is 2.05 bits per heavy atom. The summed E-state index contributed by atoms with van der Waals surface area (Å²) in [5.41, 5.74) is 2.86. The predicted octanol–water partition coefficient (Wildman–Crippen LogP) is 2.47. The molecule has 1 N–H and O–H groups in total. The highest BCUT2D eigenvalue weighted by Gasteiger charge is 2.26. The zero-order valence-corrected chi connectivity index (χ0v) is 11.7. The molecule has 0 radical (unpaired) electrons. The third-order valence-corrected chi connectivity index (χ3v) is 4.03. The standard InChI is InChI=1S/C14H17N3OS/c1-18-7-6-17-13(15-16-14(17)19)12-8-10-4-2-3-5-11(10)9-12/h2-5,12H,6-9H2,1H3,(H,16,19). The summed E-state index contributed by atoms with van der Waals surface area (Å²) >= 11 is 5.30. The fourth-order valence-electron chi connectivity index (χ4n) is 2.78. The van der Waals surface area contributed by atoms with Gasteiger partial charge >= 0.3 is 0 Å². The van der Waals surface area contributed by atoms with Crippen molar-refractivity contribution < 1.29 is 4.74 Å². The van der Waals surface area contributed by atoms with Crippen molar-refractivity contribution >= 4 is 12.2 Å². The Morgan fingerprint density at radius 3 is 2.68 bits per heavy atom. The average Bonchev–Trinajstić information content (AvgIpc) is 2.99. The Balaban J connectivity index is 1.87. The molecule has 4 nitrogen and oxygen atoms in total. The molecule has 1 aromatic carbocycles. The second-order valence-corrected chi connectivity index (χ2v) is 5.29. The number of ether oxygens (including phenoxy) is 1. The van der Waals surface area contributed by atoms with Gasteiger partial charge in [-0.1, -0.05) is 24.3 Å². The van der Waals surface area contributed by atoms with E-state index in [1.807, 2.05) is 0 Å². The summed E-state index contributed by atoms with van der Waals surface area (Å²) in [6.45, 7) is 1.41. The number of aromatic nitrogens is 3. The molecule has 0 saturated heterocycles. The molecule has 0 aliphatic heterocycles. The van der Waals surface area contributed by atoms with Crippen molar-refractivity contribution in [2.75, 3.05) is 13.7 Å². The van der Waals surface area contributed by atoms with E-state index in [1.165, 1.54) is 11.1 Å². The number of hydrogen-bond donors (Lipinski definition) is 1. The van der Waals surface area contributed by atoms with Crippen molar-refractivity contribution in [2.24, 2.45) is 0 Å². The van der Waals surface area contributed by atoms with Crippen molar-refractivity contribution in [3.63, 3.8) is 0 Å². The van der Waals surface area contributed by atoms with Gasteiger partial charge in [0.1, 0.15) is 5.82 Å². The minimum atomic E-state index is 0.419. The highest BCUT2D eigenvalue weighted by Crippen LogP contribution is 2.32. The average molecular weight is 275 g/mol. The van der Waals surface area contributed by atoms with Gasteiger partial charge in [-0.3, -0.25) is 5.10 Å². The van der Waals surface area contributed by atoms with E-state index in [0.717, 1.165) is 25.2 Å². The van der Waals surface area contributed by atoms with Crippen LogP contribution < -0.4 is 0 Å². The summed E-state index contributed by atoms with van der Waals surface area (Å²) in [6, 6.07) is 8.61. The third kappa shape index (κ3) is 2.35. The Labute approximate surface area is 117 Å². The van der Waals surface area contributed by atoms with Crippen LogP contribution in [0.3, 0.4) is 0 Å². The van der Waals surface area contributed by atoms with Gasteiger partial charge < -0.3 is 9.30 Å². The Hall–Kier alpha value is -1.46. The Morgan fingerprint density at radius 1 is 1.37 bits per heavy atom. The minimum absolute atomic E-state index is 0.419. The van der Waals surface area contributed by atoms with Crippen LogP contribution in [0, 0.1) is 4.77 Å². The molecule has 1 aliphatic carbocycles. The van der Waals surface area contributed by atoms with E-state index in [9.17, 15) is 0 Å². The molecule has 0 fully saturated rings. The van der Waals surface area contributed by atoms with Crippen LogP contribution in [0.1, 0.15) is 22.9 Å². The molecule has 100 valence electrons. The van der Waals surface area contributed by atoms with Crippen LogP contribution >= 0.6 is 12.2 Å². The maximum atomic E-state index is 5.30. The molecule has 5 heteroatoms. The normalized spacial score (nSPS) is 14.8. The fourth-order valence-corrected chi connectivity index (χ4v) is 3.01. The lowest BCUT2D eigenvalue weighted by molar-refractivity contribution is 0.185. The molecule has 0 saturated carbocycles. The molecule has 1 heterocycles. The number of hydrogen-bond acceptors (Lipinski definition) is 3. The van der Waals surface area contributed by atoms with E-state index in [2.05, 4.69) is 39.0 Å². The number of fused-ring (bicyclic) bond motifs is 1. The van der Waals surface area contributed by atoms with Crippen molar-refractivity contribution in [3.05, 3.63) is 46.0 Å². The molecule has 0 atom stereocenters. The number of nitrogens with zero attached hydrogens (tertiary/aromatic N) is 2. The smallest absolute Gasteiger partial charge is 0.195 e. The quantitative estimate of drug-likeness (QED) is 0.872. The van der Waals surface area contributed by atoms with Gasteiger partial charge in [-0.25, -0.2) is 0 Å². The van der Waals surface area contributed by atoms with Gasteiger partial charge in [0.05, 0.1) is 6.61 Å². The van der Waals surface area contributed by atoms with Crippen molar-refractivity contribution in [1.82, 2.24) is 14.8 Å². The third-order valence-electron chi connectivity index (χ3n) is 3.72.